The van der Waals surface area contributed by atoms with Crippen molar-refractivity contribution in [2.45, 2.75) is 31.7 Å². The van der Waals surface area contributed by atoms with Gasteiger partial charge in [0, 0.05) is 38.0 Å². The largest absolute Gasteiger partial charge is 0.355 e. The van der Waals surface area contributed by atoms with E-state index in [2.05, 4.69) is 16.3 Å². The second-order valence-corrected chi connectivity index (χ2v) is 4.43. The molecule has 2 atom stereocenters. The lowest BCUT2D eigenvalue weighted by Gasteiger charge is -2.26. The minimum Gasteiger partial charge on any atom is -0.355 e. The number of carbonyl (C=O) groups is 1. The number of hydrogen-bond donors (Lipinski definition) is 1. The molecule has 1 amide bonds. The Kier molecular flexibility index (Phi) is 3.22. The van der Waals surface area contributed by atoms with Crippen molar-refractivity contribution in [3.8, 4) is 6.07 Å². The van der Waals surface area contributed by atoms with Crippen molar-refractivity contribution in [3.63, 3.8) is 0 Å². The van der Waals surface area contributed by atoms with Crippen LogP contribution in [0.1, 0.15) is 25.7 Å². The molecule has 1 saturated carbocycles. The number of nitriles is 1. The van der Waals surface area contributed by atoms with E-state index >= 15 is 0 Å². The van der Waals surface area contributed by atoms with Gasteiger partial charge in [-0.05, 0) is 19.3 Å². The number of amides is 1. The molecule has 1 heterocycles. The lowest BCUT2D eigenvalue weighted by atomic mass is 10.1. The molecule has 1 aliphatic carbocycles. The molecule has 15 heavy (non-hydrogen) atoms. The molecule has 0 bridgehead atoms. The van der Waals surface area contributed by atoms with Crippen molar-refractivity contribution in [2.24, 2.45) is 5.92 Å². The number of hydrogen-bond acceptors (Lipinski definition) is 3. The molecule has 1 N–H and O–H groups in total. The monoisotopic (exact) mass is 207 g/mol. The van der Waals surface area contributed by atoms with Crippen LogP contribution in [0.2, 0.25) is 0 Å². The van der Waals surface area contributed by atoms with E-state index in [0.717, 1.165) is 38.9 Å². The van der Waals surface area contributed by atoms with Crippen LogP contribution in [-0.2, 0) is 4.79 Å². The molecule has 0 aromatic heterocycles. The SMILES string of the molecule is N#C[C@H]1CC[C@H](N2CCNC(=O)CC2)C1. The lowest BCUT2D eigenvalue weighted by molar-refractivity contribution is -0.120. The van der Waals surface area contributed by atoms with E-state index in [-0.39, 0.29) is 11.8 Å². The van der Waals surface area contributed by atoms with E-state index < -0.39 is 0 Å². The highest BCUT2D eigenvalue weighted by molar-refractivity contribution is 5.76. The number of nitrogens with one attached hydrogen (secondary N) is 1. The molecule has 0 spiro atoms. The smallest absolute Gasteiger partial charge is 0.221 e. The maximum atomic E-state index is 11.2. The molecular formula is C11H17N3O. The van der Waals surface area contributed by atoms with Crippen LogP contribution >= 0.6 is 0 Å². The van der Waals surface area contributed by atoms with E-state index in [9.17, 15) is 4.79 Å². The fourth-order valence-electron chi connectivity index (χ4n) is 2.56. The molecule has 4 heteroatoms. The van der Waals surface area contributed by atoms with Crippen LogP contribution in [0, 0.1) is 17.2 Å². The molecule has 82 valence electrons. The summed E-state index contributed by atoms with van der Waals surface area (Å²) in [6.07, 6.45) is 3.74. The third-order valence-electron chi connectivity index (χ3n) is 3.45. The first-order valence-corrected chi connectivity index (χ1v) is 5.70. The molecular weight excluding hydrogens is 190 g/mol. The maximum Gasteiger partial charge on any atom is 0.221 e. The molecule has 2 fully saturated rings. The zero-order chi connectivity index (χ0) is 10.7. The molecule has 0 radical (unpaired) electrons. The van der Waals surface area contributed by atoms with Crippen LogP contribution in [0.25, 0.3) is 0 Å². The minimum absolute atomic E-state index is 0.160. The van der Waals surface area contributed by atoms with Crippen LogP contribution in [0.5, 0.6) is 0 Å². The fourth-order valence-corrected chi connectivity index (χ4v) is 2.56. The van der Waals surface area contributed by atoms with Gasteiger partial charge in [0.1, 0.15) is 0 Å². The zero-order valence-corrected chi connectivity index (χ0v) is 8.91. The normalized spacial score (nSPS) is 33.1. The van der Waals surface area contributed by atoms with E-state index in [1.54, 1.807) is 0 Å². The van der Waals surface area contributed by atoms with E-state index in [1.807, 2.05) is 0 Å². The quantitative estimate of drug-likeness (QED) is 0.681. The summed E-state index contributed by atoms with van der Waals surface area (Å²) >= 11 is 0. The summed E-state index contributed by atoms with van der Waals surface area (Å²) in [6.45, 7) is 2.55. The third-order valence-corrected chi connectivity index (χ3v) is 3.45. The van der Waals surface area contributed by atoms with E-state index in [4.69, 9.17) is 5.26 Å². The Balaban J connectivity index is 1.88. The zero-order valence-electron chi connectivity index (χ0n) is 8.91. The van der Waals surface area contributed by atoms with E-state index in [1.165, 1.54) is 0 Å². The van der Waals surface area contributed by atoms with Crippen molar-refractivity contribution >= 4 is 5.91 Å². The van der Waals surface area contributed by atoms with Gasteiger partial charge in [0.2, 0.25) is 5.91 Å². The summed E-state index contributed by atoms with van der Waals surface area (Å²) in [5, 5.41) is 11.7. The van der Waals surface area contributed by atoms with Crippen LogP contribution in [0.3, 0.4) is 0 Å². The highest BCUT2D eigenvalue weighted by atomic mass is 16.1. The van der Waals surface area contributed by atoms with Crippen molar-refractivity contribution in [3.05, 3.63) is 0 Å². The summed E-state index contributed by atoms with van der Waals surface area (Å²) in [7, 11) is 0. The average molecular weight is 207 g/mol. The maximum absolute atomic E-state index is 11.2. The summed E-state index contributed by atoms with van der Waals surface area (Å²) in [5.74, 6) is 0.397. The Morgan fingerprint density at radius 2 is 2.27 bits per heavy atom. The van der Waals surface area contributed by atoms with Gasteiger partial charge in [-0.2, -0.15) is 5.26 Å². The first kappa shape index (κ1) is 10.4. The predicted molar refractivity (Wildman–Crippen MR) is 55.9 cm³/mol. The van der Waals surface area contributed by atoms with Crippen LogP contribution in [0.4, 0.5) is 0 Å². The lowest BCUT2D eigenvalue weighted by Crippen LogP contribution is -2.36. The topological polar surface area (TPSA) is 56.1 Å². The molecule has 2 rings (SSSR count). The summed E-state index contributed by atoms with van der Waals surface area (Å²) in [6, 6.07) is 2.88. The average Bonchev–Trinajstić information content (AvgIpc) is 2.62. The van der Waals surface area contributed by atoms with Crippen LogP contribution in [-0.4, -0.2) is 36.5 Å². The van der Waals surface area contributed by atoms with Crippen molar-refractivity contribution in [1.29, 1.82) is 5.26 Å². The molecule has 1 saturated heterocycles. The van der Waals surface area contributed by atoms with Crippen LogP contribution < -0.4 is 5.32 Å². The molecule has 2 aliphatic rings. The van der Waals surface area contributed by atoms with Crippen molar-refractivity contribution in [1.82, 2.24) is 10.2 Å². The molecule has 1 aliphatic heterocycles. The van der Waals surface area contributed by atoms with E-state index in [0.29, 0.717) is 12.5 Å². The summed E-state index contributed by atoms with van der Waals surface area (Å²) in [4.78, 5) is 13.5. The molecule has 0 unspecified atom stereocenters. The standard InChI is InChI=1S/C11H17N3O/c12-8-9-1-2-10(7-9)14-5-3-11(15)13-4-6-14/h9-10H,1-7H2,(H,13,15)/t9-,10-/m0/s1. The predicted octanol–water partition coefficient (Wildman–Crippen LogP) is 0.501. The van der Waals surface area contributed by atoms with Crippen LogP contribution in [0.15, 0.2) is 0 Å². The number of carbonyl (C=O) groups excluding carboxylic acids is 1. The van der Waals surface area contributed by atoms with Gasteiger partial charge < -0.3 is 5.32 Å². The van der Waals surface area contributed by atoms with Gasteiger partial charge in [-0.3, -0.25) is 9.69 Å². The summed E-state index contributed by atoms with van der Waals surface area (Å²) < 4.78 is 0. The first-order chi connectivity index (χ1) is 7.29. The molecule has 0 aromatic carbocycles. The highest BCUT2D eigenvalue weighted by Crippen LogP contribution is 2.28. The Hall–Kier alpha value is -1.08. The third kappa shape index (κ3) is 2.48. The van der Waals surface area contributed by atoms with Gasteiger partial charge in [0.25, 0.3) is 0 Å². The van der Waals surface area contributed by atoms with Gasteiger partial charge in [-0.1, -0.05) is 0 Å². The fraction of sp³-hybridized carbons (Fsp3) is 0.818. The molecule has 0 aromatic rings. The minimum atomic E-state index is 0.160. The summed E-state index contributed by atoms with van der Waals surface area (Å²) in [5.41, 5.74) is 0. The van der Waals surface area contributed by atoms with Gasteiger partial charge >= 0.3 is 0 Å². The van der Waals surface area contributed by atoms with Crippen molar-refractivity contribution < 1.29 is 4.79 Å². The Labute approximate surface area is 90.2 Å². The van der Waals surface area contributed by atoms with Crippen molar-refractivity contribution in [2.75, 3.05) is 19.6 Å². The highest BCUT2D eigenvalue weighted by Gasteiger charge is 2.29. The van der Waals surface area contributed by atoms with Gasteiger partial charge in [0.15, 0.2) is 0 Å². The second-order valence-electron chi connectivity index (χ2n) is 4.43. The number of rotatable bonds is 1. The Bertz CT molecular complexity index is 284. The number of nitrogens with zero attached hydrogens (tertiary/aromatic N) is 2. The van der Waals surface area contributed by atoms with Gasteiger partial charge in [0.05, 0.1) is 6.07 Å². The van der Waals surface area contributed by atoms with Gasteiger partial charge in [-0.25, -0.2) is 0 Å². The Morgan fingerprint density at radius 3 is 3.00 bits per heavy atom. The van der Waals surface area contributed by atoms with Gasteiger partial charge in [-0.15, -0.1) is 0 Å². The Morgan fingerprint density at radius 1 is 1.40 bits per heavy atom. The first-order valence-electron chi connectivity index (χ1n) is 5.70. The molecule has 4 nitrogen and oxygen atoms in total. The second kappa shape index (κ2) is 4.63.